The molecule has 7 nitrogen and oxygen atoms in total. The number of benzene rings is 1. The van der Waals surface area contributed by atoms with E-state index >= 15 is 0 Å². The summed E-state index contributed by atoms with van der Waals surface area (Å²) in [6.07, 6.45) is 0. The molecule has 0 aliphatic carbocycles. The molecule has 3 N–H and O–H groups in total. The number of anilines is 1. The number of nitriles is 1. The predicted octanol–water partition coefficient (Wildman–Crippen LogP) is 2.43. The number of nitrogens with one attached hydrogen (secondary N) is 1. The summed E-state index contributed by atoms with van der Waals surface area (Å²) < 4.78 is 5.16. The summed E-state index contributed by atoms with van der Waals surface area (Å²) in [5.41, 5.74) is -0.276. The quantitative estimate of drug-likeness (QED) is 0.452. The van der Waals surface area contributed by atoms with E-state index in [-0.39, 0.29) is 11.3 Å². The fourth-order valence-electron chi connectivity index (χ4n) is 1.79. The third-order valence-corrected chi connectivity index (χ3v) is 2.73. The van der Waals surface area contributed by atoms with Gasteiger partial charge in [-0.2, -0.15) is 5.26 Å². The van der Waals surface area contributed by atoms with E-state index in [0.717, 1.165) is 0 Å². The van der Waals surface area contributed by atoms with Crippen LogP contribution in [0.5, 0.6) is 0 Å². The zero-order valence-corrected chi connectivity index (χ0v) is 10.9. The van der Waals surface area contributed by atoms with Crippen molar-refractivity contribution < 1.29 is 24.2 Å². The van der Waals surface area contributed by atoms with E-state index in [1.54, 1.807) is 30.3 Å². The third kappa shape index (κ3) is 2.55. The fraction of sp³-hybridized carbons (Fsp3) is 0.0714. The Morgan fingerprint density at radius 1 is 1.29 bits per heavy atom. The molecule has 7 heteroatoms. The zero-order valence-electron chi connectivity index (χ0n) is 10.9. The van der Waals surface area contributed by atoms with Gasteiger partial charge >= 0.3 is 5.97 Å². The van der Waals surface area contributed by atoms with Crippen LogP contribution >= 0.6 is 0 Å². The lowest BCUT2D eigenvalue weighted by Gasteiger charge is -2.04. The first-order valence-electron chi connectivity index (χ1n) is 5.81. The Morgan fingerprint density at radius 3 is 2.52 bits per heavy atom. The molecule has 21 heavy (non-hydrogen) atoms. The van der Waals surface area contributed by atoms with E-state index in [4.69, 9.17) is 14.8 Å². The number of hydrogen-bond acceptors (Lipinski definition) is 5. The first-order valence-corrected chi connectivity index (χ1v) is 5.81. The second kappa shape index (κ2) is 5.38. The van der Waals surface area contributed by atoms with Gasteiger partial charge in [-0.1, -0.05) is 12.1 Å². The van der Waals surface area contributed by atoms with E-state index in [0.29, 0.717) is 5.39 Å². The standard InChI is InChI=1S/C14H10N2O5/c1-7(17)9(6-15)13(18)16-11-8-4-2-3-5-10(8)21-12(11)14(19)20/h2-5,17H,1H3,(H,16,18)(H,19,20)/b9-7+. The Kier molecular flexibility index (Phi) is 3.63. The number of amides is 1. The normalized spacial score (nSPS) is 11.6. The second-order valence-corrected chi connectivity index (χ2v) is 4.13. The van der Waals surface area contributed by atoms with E-state index in [9.17, 15) is 14.7 Å². The number of aliphatic hydroxyl groups excluding tert-OH is 1. The summed E-state index contributed by atoms with van der Waals surface area (Å²) in [7, 11) is 0. The SMILES string of the molecule is C/C(O)=C(/C#N)C(=O)Nc1c(C(=O)O)oc2ccccc12. The van der Waals surface area contributed by atoms with Gasteiger partial charge in [0.2, 0.25) is 5.76 Å². The highest BCUT2D eigenvalue weighted by Crippen LogP contribution is 2.31. The summed E-state index contributed by atoms with van der Waals surface area (Å²) in [6.45, 7) is 1.18. The minimum atomic E-state index is -1.36. The predicted molar refractivity (Wildman–Crippen MR) is 72.7 cm³/mol. The number of allylic oxidation sites excluding steroid dienone is 1. The van der Waals surface area contributed by atoms with Crippen LogP contribution in [0.3, 0.4) is 0 Å². The van der Waals surface area contributed by atoms with Crippen molar-refractivity contribution in [3.05, 3.63) is 41.4 Å². The van der Waals surface area contributed by atoms with Gasteiger partial charge < -0.3 is 19.9 Å². The molecule has 0 aliphatic rings. The van der Waals surface area contributed by atoms with Gasteiger partial charge in [0.25, 0.3) is 5.91 Å². The van der Waals surface area contributed by atoms with Crippen molar-refractivity contribution in [3.63, 3.8) is 0 Å². The zero-order chi connectivity index (χ0) is 15.6. The Labute approximate surface area is 118 Å². The average Bonchev–Trinajstić information content (AvgIpc) is 2.78. The number of aliphatic hydroxyl groups is 1. The number of rotatable bonds is 3. The van der Waals surface area contributed by atoms with Crippen molar-refractivity contribution in [1.29, 1.82) is 5.26 Å². The summed E-state index contributed by atoms with van der Waals surface area (Å²) >= 11 is 0. The number of aromatic carboxylic acids is 1. The van der Waals surface area contributed by atoms with Crippen LogP contribution < -0.4 is 5.32 Å². The number of nitrogens with zero attached hydrogens (tertiary/aromatic N) is 1. The number of furan rings is 1. The maximum atomic E-state index is 11.9. The van der Waals surface area contributed by atoms with Gasteiger partial charge in [0.05, 0.1) is 0 Å². The first-order chi connectivity index (χ1) is 9.95. The summed E-state index contributed by atoms with van der Waals surface area (Å²) in [6, 6.07) is 7.98. The van der Waals surface area contributed by atoms with E-state index < -0.39 is 29.0 Å². The van der Waals surface area contributed by atoms with Crippen LogP contribution in [0.15, 0.2) is 40.0 Å². The summed E-state index contributed by atoms with van der Waals surface area (Å²) in [5.74, 6) is -3.17. The van der Waals surface area contributed by atoms with E-state index in [1.165, 1.54) is 6.92 Å². The van der Waals surface area contributed by atoms with Crippen LogP contribution in [0.4, 0.5) is 5.69 Å². The minimum Gasteiger partial charge on any atom is -0.511 e. The van der Waals surface area contributed by atoms with Crippen LogP contribution in [0.1, 0.15) is 17.5 Å². The Hall–Kier alpha value is -3.27. The molecule has 106 valence electrons. The molecule has 0 atom stereocenters. The number of para-hydroxylation sites is 1. The average molecular weight is 286 g/mol. The molecule has 0 saturated carbocycles. The number of carboxylic acid groups (broad SMARTS) is 1. The number of carbonyl (C=O) groups excluding carboxylic acids is 1. The molecule has 1 amide bonds. The highest BCUT2D eigenvalue weighted by atomic mass is 16.4. The number of fused-ring (bicyclic) bond motifs is 1. The van der Waals surface area contributed by atoms with Gasteiger partial charge in [-0.15, -0.1) is 0 Å². The second-order valence-electron chi connectivity index (χ2n) is 4.13. The topological polar surface area (TPSA) is 124 Å². The molecule has 0 spiro atoms. The number of carboxylic acids is 1. The molecular weight excluding hydrogens is 276 g/mol. The van der Waals surface area contributed by atoms with E-state index in [1.807, 2.05) is 0 Å². The van der Waals surface area contributed by atoms with Crippen molar-refractivity contribution in [2.75, 3.05) is 5.32 Å². The molecule has 0 aliphatic heterocycles. The molecular formula is C14H10N2O5. The smallest absolute Gasteiger partial charge is 0.374 e. The van der Waals surface area contributed by atoms with Crippen LogP contribution in [-0.2, 0) is 4.79 Å². The Morgan fingerprint density at radius 2 is 1.95 bits per heavy atom. The van der Waals surface area contributed by atoms with Crippen molar-refractivity contribution >= 4 is 28.5 Å². The van der Waals surface area contributed by atoms with E-state index in [2.05, 4.69) is 5.32 Å². The van der Waals surface area contributed by atoms with Crippen molar-refractivity contribution in [1.82, 2.24) is 0 Å². The summed E-state index contributed by atoms with van der Waals surface area (Å²) in [4.78, 5) is 23.1. The molecule has 1 aromatic carbocycles. The maximum absolute atomic E-state index is 11.9. The molecule has 0 fully saturated rings. The highest BCUT2D eigenvalue weighted by molar-refractivity contribution is 6.14. The van der Waals surface area contributed by atoms with Crippen LogP contribution in [-0.4, -0.2) is 22.1 Å². The first kappa shape index (κ1) is 14.1. The van der Waals surface area contributed by atoms with Crippen LogP contribution in [0.25, 0.3) is 11.0 Å². The monoisotopic (exact) mass is 286 g/mol. The lowest BCUT2D eigenvalue weighted by atomic mass is 10.2. The van der Waals surface area contributed by atoms with Gasteiger partial charge in [0.1, 0.15) is 23.1 Å². The molecule has 1 heterocycles. The lowest BCUT2D eigenvalue weighted by molar-refractivity contribution is -0.112. The molecule has 0 unspecified atom stereocenters. The molecule has 2 rings (SSSR count). The number of hydrogen-bond donors (Lipinski definition) is 3. The molecule has 0 bridgehead atoms. The molecule has 1 aromatic heterocycles. The molecule has 0 radical (unpaired) electrons. The van der Waals surface area contributed by atoms with Gasteiger partial charge in [-0.25, -0.2) is 4.79 Å². The minimum absolute atomic E-state index is 0.0582. The maximum Gasteiger partial charge on any atom is 0.374 e. The van der Waals surface area contributed by atoms with Crippen LogP contribution in [0, 0.1) is 11.3 Å². The number of carbonyl (C=O) groups is 2. The largest absolute Gasteiger partial charge is 0.511 e. The molecule has 0 saturated heterocycles. The van der Waals surface area contributed by atoms with Crippen molar-refractivity contribution in [2.24, 2.45) is 0 Å². The van der Waals surface area contributed by atoms with Gasteiger partial charge in [0, 0.05) is 5.39 Å². The van der Waals surface area contributed by atoms with Gasteiger partial charge in [0.15, 0.2) is 5.57 Å². The Balaban J connectivity index is 2.54. The summed E-state index contributed by atoms with van der Waals surface area (Å²) in [5, 5.41) is 29.9. The van der Waals surface area contributed by atoms with Crippen molar-refractivity contribution in [2.45, 2.75) is 6.92 Å². The van der Waals surface area contributed by atoms with Crippen molar-refractivity contribution in [3.8, 4) is 6.07 Å². The fourth-order valence-corrected chi connectivity index (χ4v) is 1.79. The van der Waals surface area contributed by atoms with Gasteiger partial charge in [-0.3, -0.25) is 4.79 Å². The van der Waals surface area contributed by atoms with Gasteiger partial charge in [-0.05, 0) is 19.1 Å². The van der Waals surface area contributed by atoms with Crippen LogP contribution in [0.2, 0.25) is 0 Å². The Bertz CT molecular complexity index is 806. The lowest BCUT2D eigenvalue weighted by Crippen LogP contribution is -2.16. The highest BCUT2D eigenvalue weighted by Gasteiger charge is 2.23. The third-order valence-electron chi connectivity index (χ3n) is 2.73. The molecule has 2 aromatic rings.